The van der Waals surface area contributed by atoms with E-state index in [4.69, 9.17) is 5.73 Å². The van der Waals surface area contributed by atoms with Crippen LogP contribution in [0.2, 0.25) is 0 Å². The fourth-order valence-corrected chi connectivity index (χ4v) is 1.91. The molecule has 0 aliphatic rings. The minimum Gasteiger partial charge on any atom is -0.399 e. The van der Waals surface area contributed by atoms with Gasteiger partial charge in [0.1, 0.15) is 0 Å². The van der Waals surface area contributed by atoms with Crippen LogP contribution in [-0.2, 0) is 0 Å². The van der Waals surface area contributed by atoms with Gasteiger partial charge in [0, 0.05) is 17.3 Å². The van der Waals surface area contributed by atoms with Gasteiger partial charge in [-0.3, -0.25) is 4.79 Å². The van der Waals surface area contributed by atoms with E-state index >= 15 is 0 Å². The number of anilines is 1. The Bertz CT molecular complexity index is 393. The highest BCUT2D eigenvalue weighted by atomic mass is 16.1. The van der Waals surface area contributed by atoms with Gasteiger partial charge >= 0.3 is 0 Å². The molecular formula is C15H24N2O. The van der Waals surface area contributed by atoms with E-state index < -0.39 is 0 Å². The molecule has 0 spiro atoms. The monoisotopic (exact) mass is 248 g/mol. The van der Waals surface area contributed by atoms with Gasteiger partial charge in [-0.15, -0.1) is 0 Å². The molecule has 0 saturated carbocycles. The molecule has 0 saturated heterocycles. The van der Waals surface area contributed by atoms with Crippen molar-refractivity contribution in [3.05, 3.63) is 29.3 Å². The predicted molar refractivity (Wildman–Crippen MR) is 76.6 cm³/mol. The lowest BCUT2D eigenvalue weighted by Gasteiger charge is -2.15. The fourth-order valence-electron chi connectivity index (χ4n) is 1.91. The maximum atomic E-state index is 12.0. The van der Waals surface area contributed by atoms with Crippen molar-refractivity contribution >= 4 is 11.6 Å². The van der Waals surface area contributed by atoms with Crippen molar-refractivity contribution in [2.75, 3.05) is 5.73 Å². The van der Waals surface area contributed by atoms with Crippen molar-refractivity contribution in [3.8, 4) is 0 Å². The predicted octanol–water partition coefficient (Wildman–Crippen LogP) is 3.13. The summed E-state index contributed by atoms with van der Waals surface area (Å²) in [4.78, 5) is 12.0. The zero-order chi connectivity index (χ0) is 13.7. The van der Waals surface area contributed by atoms with Crippen LogP contribution in [0.25, 0.3) is 0 Å². The third-order valence-electron chi connectivity index (χ3n) is 2.92. The summed E-state index contributed by atoms with van der Waals surface area (Å²) in [5, 5.41) is 3.01. The number of nitrogens with one attached hydrogen (secondary N) is 1. The topological polar surface area (TPSA) is 55.1 Å². The third-order valence-corrected chi connectivity index (χ3v) is 2.92. The molecule has 3 N–H and O–H groups in total. The van der Waals surface area contributed by atoms with E-state index in [1.165, 1.54) is 0 Å². The molecule has 100 valence electrons. The molecule has 0 aliphatic heterocycles. The third kappa shape index (κ3) is 4.78. The number of amides is 1. The number of benzene rings is 1. The van der Waals surface area contributed by atoms with Crippen molar-refractivity contribution in [3.63, 3.8) is 0 Å². The van der Waals surface area contributed by atoms with Crippen LogP contribution in [0.1, 0.15) is 49.5 Å². The zero-order valence-corrected chi connectivity index (χ0v) is 11.8. The summed E-state index contributed by atoms with van der Waals surface area (Å²) in [6, 6.07) is 5.64. The van der Waals surface area contributed by atoms with Crippen molar-refractivity contribution in [2.45, 2.75) is 46.6 Å². The van der Waals surface area contributed by atoms with Gasteiger partial charge in [0.05, 0.1) is 0 Å². The average Bonchev–Trinajstić information content (AvgIpc) is 2.25. The fraction of sp³-hybridized carbons (Fsp3) is 0.533. The first-order valence-electron chi connectivity index (χ1n) is 6.56. The average molecular weight is 248 g/mol. The lowest BCUT2D eigenvalue weighted by Crippen LogP contribution is -2.32. The number of rotatable bonds is 5. The highest BCUT2D eigenvalue weighted by molar-refractivity contribution is 5.95. The highest BCUT2D eigenvalue weighted by Gasteiger charge is 2.11. The highest BCUT2D eigenvalue weighted by Crippen LogP contribution is 2.12. The van der Waals surface area contributed by atoms with Crippen LogP contribution in [0.4, 0.5) is 5.69 Å². The Balaban J connectivity index is 2.59. The quantitative estimate of drug-likeness (QED) is 0.787. The van der Waals surface area contributed by atoms with Crippen molar-refractivity contribution in [1.29, 1.82) is 0 Å². The van der Waals surface area contributed by atoms with E-state index in [0.29, 0.717) is 17.2 Å². The second kappa shape index (κ2) is 6.43. The van der Waals surface area contributed by atoms with Crippen molar-refractivity contribution < 1.29 is 4.79 Å². The van der Waals surface area contributed by atoms with Crippen LogP contribution in [0.3, 0.4) is 0 Å². The molecule has 1 unspecified atom stereocenters. The summed E-state index contributed by atoms with van der Waals surface area (Å²) >= 11 is 0. The summed E-state index contributed by atoms with van der Waals surface area (Å²) in [6.45, 7) is 8.36. The number of carbonyl (C=O) groups excluding carboxylic acids is 1. The zero-order valence-electron chi connectivity index (χ0n) is 11.8. The standard InChI is InChI=1S/C15H24N2O/c1-10(2)5-6-12(4)17-15(18)13-7-11(3)8-14(16)9-13/h7-10,12H,5-6,16H2,1-4H3,(H,17,18). The van der Waals surface area contributed by atoms with Gasteiger partial charge < -0.3 is 11.1 Å². The number of hydrogen-bond donors (Lipinski definition) is 2. The molecule has 1 rings (SSSR count). The lowest BCUT2D eigenvalue weighted by molar-refractivity contribution is 0.0937. The van der Waals surface area contributed by atoms with Gasteiger partial charge in [0.25, 0.3) is 5.91 Å². The first-order valence-corrected chi connectivity index (χ1v) is 6.56. The smallest absolute Gasteiger partial charge is 0.251 e. The maximum Gasteiger partial charge on any atom is 0.251 e. The van der Waals surface area contributed by atoms with E-state index in [9.17, 15) is 4.79 Å². The molecule has 0 aliphatic carbocycles. The Morgan fingerprint density at radius 2 is 1.89 bits per heavy atom. The minimum absolute atomic E-state index is 0.0401. The SMILES string of the molecule is Cc1cc(N)cc(C(=O)NC(C)CCC(C)C)c1. The van der Waals surface area contributed by atoms with Gasteiger partial charge in [-0.25, -0.2) is 0 Å². The largest absolute Gasteiger partial charge is 0.399 e. The molecule has 18 heavy (non-hydrogen) atoms. The van der Waals surface area contributed by atoms with E-state index in [2.05, 4.69) is 19.2 Å². The summed E-state index contributed by atoms with van der Waals surface area (Å²) in [7, 11) is 0. The van der Waals surface area contributed by atoms with Crippen LogP contribution in [0.15, 0.2) is 18.2 Å². The number of hydrogen-bond acceptors (Lipinski definition) is 2. The molecule has 3 nitrogen and oxygen atoms in total. The molecule has 0 bridgehead atoms. The molecule has 1 aromatic carbocycles. The molecule has 1 amide bonds. The first-order chi connectivity index (χ1) is 8.38. The van der Waals surface area contributed by atoms with E-state index in [1.54, 1.807) is 6.07 Å². The van der Waals surface area contributed by atoms with Crippen LogP contribution in [0.5, 0.6) is 0 Å². The number of nitrogen functional groups attached to an aromatic ring is 1. The van der Waals surface area contributed by atoms with Gasteiger partial charge in [-0.05, 0) is 56.4 Å². The van der Waals surface area contributed by atoms with Gasteiger partial charge in [-0.1, -0.05) is 13.8 Å². The van der Waals surface area contributed by atoms with Gasteiger partial charge in [0.15, 0.2) is 0 Å². The summed E-state index contributed by atoms with van der Waals surface area (Å²) < 4.78 is 0. The molecule has 0 radical (unpaired) electrons. The summed E-state index contributed by atoms with van der Waals surface area (Å²) in [5.41, 5.74) is 8.03. The summed E-state index contributed by atoms with van der Waals surface area (Å²) in [5.74, 6) is 0.626. The molecule has 1 aromatic rings. The second-order valence-corrected chi connectivity index (χ2v) is 5.48. The van der Waals surface area contributed by atoms with Crippen LogP contribution in [-0.4, -0.2) is 11.9 Å². The number of carbonyl (C=O) groups is 1. The second-order valence-electron chi connectivity index (χ2n) is 5.48. The number of aryl methyl sites for hydroxylation is 1. The normalized spacial score (nSPS) is 12.5. The Morgan fingerprint density at radius 1 is 1.22 bits per heavy atom. The molecule has 3 heteroatoms. The summed E-state index contributed by atoms with van der Waals surface area (Å²) in [6.07, 6.45) is 2.13. The van der Waals surface area contributed by atoms with Crippen molar-refractivity contribution in [1.82, 2.24) is 5.32 Å². The molecular weight excluding hydrogens is 224 g/mol. The van der Waals surface area contributed by atoms with Gasteiger partial charge in [-0.2, -0.15) is 0 Å². The Morgan fingerprint density at radius 3 is 2.44 bits per heavy atom. The first kappa shape index (κ1) is 14.6. The van der Waals surface area contributed by atoms with E-state index in [1.807, 2.05) is 26.0 Å². The van der Waals surface area contributed by atoms with Crippen molar-refractivity contribution in [2.24, 2.45) is 5.92 Å². The molecule has 0 aromatic heterocycles. The van der Waals surface area contributed by atoms with Crippen LogP contribution < -0.4 is 11.1 Å². The minimum atomic E-state index is -0.0401. The van der Waals surface area contributed by atoms with Gasteiger partial charge in [0.2, 0.25) is 0 Å². The maximum absolute atomic E-state index is 12.0. The van der Waals surface area contributed by atoms with Crippen LogP contribution in [0, 0.1) is 12.8 Å². The molecule has 0 fully saturated rings. The molecule has 0 heterocycles. The Hall–Kier alpha value is -1.51. The van der Waals surface area contributed by atoms with E-state index in [0.717, 1.165) is 18.4 Å². The number of nitrogens with two attached hydrogens (primary N) is 1. The van der Waals surface area contributed by atoms with Crippen LogP contribution >= 0.6 is 0 Å². The Labute approximate surface area is 110 Å². The van der Waals surface area contributed by atoms with E-state index in [-0.39, 0.29) is 11.9 Å². The molecule has 1 atom stereocenters. The lowest BCUT2D eigenvalue weighted by atomic mass is 10.0. The Kier molecular flexibility index (Phi) is 5.20.